The van der Waals surface area contributed by atoms with E-state index >= 15 is 0 Å². The number of hydrogen-bond acceptors (Lipinski definition) is 5. The second-order valence-corrected chi connectivity index (χ2v) is 5.36. The standard InChI is InChI=1S/C19H19FN4O.C2H2/c20-16-6-8-17(9-7-16)25-11-10-21-18-12-19(24-14-23-18)22-13-15-4-2-1-3-5-15;1-2/h1-9,12,14H,10-11,13H2,(H2,21,22,23,24);1-2H. The highest BCUT2D eigenvalue weighted by Gasteiger charge is 2.00. The molecule has 0 aliphatic heterocycles. The van der Waals surface area contributed by atoms with Crippen molar-refractivity contribution in [1.29, 1.82) is 0 Å². The molecule has 3 aromatic rings. The lowest BCUT2D eigenvalue weighted by Crippen LogP contribution is -2.13. The average molecular weight is 364 g/mol. The van der Waals surface area contributed by atoms with E-state index in [-0.39, 0.29) is 5.82 Å². The maximum atomic E-state index is 12.8. The molecule has 0 atom stereocenters. The molecule has 0 unspecified atom stereocenters. The van der Waals surface area contributed by atoms with Gasteiger partial charge in [-0.05, 0) is 29.8 Å². The van der Waals surface area contributed by atoms with Crippen LogP contribution in [0.25, 0.3) is 0 Å². The number of hydrogen-bond donors (Lipinski definition) is 2. The second-order valence-electron chi connectivity index (χ2n) is 5.36. The van der Waals surface area contributed by atoms with Crippen LogP contribution in [0.2, 0.25) is 0 Å². The summed E-state index contributed by atoms with van der Waals surface area (Å²) in [4.78, 5) is 8.39. The van der Waals surface area contributed by atoms with Crippen molar-refractivity contribution in [2.75, 3.05) is 23.8 Å². The van der Waals surface area contributed by atoms with E-state index in [4.69, 9.17) is 4.74 Å². The highest BCUT2D eigenvalue weighted by Crippen LogP contribution is 2.12. The van der Waals surface area contributed by atoms with Crippen LogP contribution < -0.4 is 15.4 Å². The third-order valence-electron chi connectivity index (χ3n) is 3.47. The lowest BCUT2D eigenvalue weighted by atomic mass is 10.2. The molecule has 138 valence electrons. The number of rotatable bonds is 8. The van der Waals surface area contributed by atoms with Crippen LogP contribution >= 0.6 is 0 Å². The Morgan fingerprint density at radius 2 is 1.56 bits per heavy atom. The van der Waals surface area contributed by atoms with Crippen molar-refractivity contribution in [1.82, 2.24) is 9.97 Å². The van der Waals surface area contributed by atoms with Gasteiger partial charge in [0.15, 0.2) is 0 Å². The summed E-state index contributed by atoms with van der Waals surface area (Å²) in [5.41, 5.74) is 1.18. The van der Waals surface area contributed by atoms with Gasteiger partial charge in [0.2, 0.25) is 0 Å². The molecule has 0 saturated heterocycles. The van der Waals surface area contributed by atoms with E-state index < -0.39 is 0 Å². The first kappa shape index (κ1) is 19.7. The Bertz CT molecular complexity index is 822. The predicted molar refractivity (Wildman–Crippen MR) is 106 cm³/mol. The van der Waals surface area contributed by atoms with E-state index in [1.165, 1.54) is 24.0 Å². The summed E-state index contributed by atoms with van der Waals surface area (Å²) in [6.07, 6.45) is 9.51. The average Bonchev–Trinajstić information content (AvgIpc) is 2.74. The lowest BCUT2D eigenvalue weighted by molar-refractivity contribution is 0.332. The first-order chi connectivity index (χ1) is 13.3. The van der Waals surface area contributed by atoms with Gasteiger partial charge in [0.25, 0.3) is 0 Å². The summed E-state index contributed by atoms with van der Waals surface area (Å²) in [7, 11) is 0. The summed E-state index contributed by atoms with van der Waals surface area (Å²) >= 11 is 0. The van der Waals surface area contributed by atoms with Crippen LogP contribution in [0.5, 0.6) is 5.75 Å². The van der Waals surface area contributed by atoms with E-state index in [0.717, 1.165) is 5.82 Å². The normalized spacial score (nSPS) is 9.59. The molecule has 3 rings (SSSR count). The fraction of sp³-hybridized carbons (Fsp3) is 0.143. The van der Waals surface area contributed by atoms with Gasteiger partial charge >= 0.3 is 0 Å². The van der Waals surface area contributed by atoms with Crippen LogP contribution in [0.4, 0.5) is 16.0 Å². The van der Waals surface area contributed by atoms with Gasteiger partial charge < -0.3 is 15.4 Å². The number of ether oxygens (including phenoxy) is 1. The molecule has 0 aliphatic rings. The zero-order chi connectivity index (χ0) is 19.3. The number of terminal acetylenes is 1. The van der Waals surface area contributed by atoms with Crippen molar-refractivity contribution in [2.24, 2.45) is 0 Å². The number of halogens is 1. The Hall–Kier alpha value is -3.59. The van der Waals surface area contributed by atoms with Gasteiger partial charge in [0.05, 0.1) is 6.54 Å². The van der Waals surface area contributed by atoms with Gasteiger partial charge in [-0.2, -0.15) is 0 Å². The molecule has 27 heavy (non-hydrogen) atoms. The quantitative estimate of drug-likeness (QED) is 0.468. The minimum absolute atomic E-state index is 0.276. The summed E-state index contributed by atoms with van der Waals surface area (Å²) in [6.45, 7) is 1.72. The molecule has 1 heterocycles. The highest BCUT2D eigenvalue weighted by molar-refractivity contribution is 5.46. The topological polar surface area (TPSA) is 59.1 Å². The Labute approximate surface area is 158 Å². The Balaban J connectivity index is 0.00000126. The SMILES string of the molecule is C#C.Fc1ccc(OCCNc2cc(NCc3ccccc3)ncn2)cc1. The highest BCUT2D eigenvalue weighted by atomic mass is 19.1. The predicted octanol–water partition coefficient (Wildman–Crippen LogP) is 3.97. The summed E-state index contributed by atoms with van der Waals surface area (Å²) < 4.78 is 18.3. The van der Waals surface area contributed by atoms with E-state index in [2.05, 4.69) is 45.6 Å². The summed E-state index contributed by atoms with van der Waals surface area (Å²) in [6, 6.07) is 17.9. The van der Waals surface area contributed by atoms with Crippen molar-refractivity contribution in [3.8, 4) is 18.6 Å². The lowest BCUT2D eigenvalue weighted by Gasteiger charge is -2.10. The number of nitrogens with zero attached hydrogens (tertiary/aromatic N) is 2. The number of benzene rings is 2. The number of anilines is 2. The summed E-state index contributed by atoms with van der Waals surface area (Å²) in [5.74, 6) is 1.83. The minimum atomic E-state index is -0.276. The van der Waals surface area contributed by atoms with Gasteiger partial charge in [-0.15, -0.1) is 12.8 Å². The minimum Gasteiger partial charge on any atom is -0.492 e. The molecule has 0 fully saturated rings. The zero-order valence-electron chi connectivity index (χ0n) is 14.8. The molecule has 1 aromatic heterocycles. The molecule has 5 nitrogen and oxygen atoms in total. The van der Waals surface area contributed by atoms with Crippen LogP contribution in [0.1, 0.15) is 5.56 Å². The fourth-order valence-electron chi connectivity index (χ4n) is 2.22. The molecule has 0 saturated carbocycles. The first-order valence-corrected chi connectivity index (χ1v) is 8.35. The molecule has 6 heteroatoms. The van der Waals surface area contributed by atoms with Gasteiger partial charge in [0, 0.05) is 12.6 Å². The van der Waals surface area contributed by atoms with Gasteiger partial charge in [-0.3, -0.25) is 0 Å². The van der Waals surface area contributed by atoms with Gasteiger partial charge in [-0.25, -0.2) is 14.4 Å². The van der Waals surface area contributed by atoms with Crippen molar-refractivity contribution in [3.63, 3.8) is 0 Å². The van der Waals surface area contributed by atoms with E-state index in [1.807, 2.05) is 24.3 Å². The summed E-state index contributed by atoms with van der Waals surface area (Å²) in [5, 5.41) is 6.44. The van der Waals surface area contributed by atoms with Crippen LogP contribution in [-0.2, 0) is 6.54 Å². The first-order valence-electron chi connectivity index (χ1n) is 8.35. The fourth-order valence-corrected chi connectivity index (χ4v) is 2.22. The zero-order valence-corrected chi connectivity index (χ0v) is 14.8. The molecule has 0 aliphatic carbocycles. The molecular weight excluding hydrogens is 343 g/mol. The maximum absolute atomic E-state index is 12.8. The Morgan fingerprint density at radius 1 is 0.889 bits per heavy atom. The van der Waals surface area contributed by atoms with Crippen LogP contribution in [0.3, 0.4) is 0 Å². The van der Waals surface area contributed by atoms with Crippen molar-refractivity contribution >= 4 is 11.6 Å². The molecular formula is C21H21FN4O. The molecule has 0 radical (unpaired) electrons. The number of aromatic nitrogens is 2. The van der Waals surface area contributed by atoms with Crippen molar-refractivity contribution < 1.29 is 9.13 Å². The van der Waals surface area contributed by atoms with Gasteiger partial charge in [0.1, 0.15) is 36.1 Å². The van der Waals surface area contributed by atoms with Crippen molar-refractivity contribution in [3.05, 3.63) is 78.4 Å². The molecule has 0 spiro atoms. The molecule has 0 amide bonds. The third-order valence-corrected chi connectivity index (χ3v) is 3.47. The maximum Gasteiger partial charge on any atom is 0.131 e. The van der Waals surface area contributed by atoms with Crippen molar-refractivity contribution in [2.45, 2.75) is 6.54 Å². The smallest absolute Gasteiger partial charge is 0.131 e. The van der Waals surface area contributed by atoms with Crippen LogP contribution in [0.15, 0.2) is 67.0 Å². The Kier molecular flexibility index (Phi) is 8.12. The van der Waals surface area contributed by atoms with Crippen LogP contribution in [0, 0.1) is 18.7 Å². The Morgan fingerprint density at radius 3 is 2.26 bits per heavy atom. The van der Waals surface area contributed by atoms with Gasteiger partial charge in [-0.1, -0.05) is 30.3 Å². The number of nitrogens with one attached hydrogen (secondary N) is 2. The third kappa shape index (κ3) is 7.04. The van der Waals surface area contributed by atoms with E-state index in [9.17, 15) is 4.39 Å². The molecule has 2 N–H and O–H groups in total. The molecule has 2 aromatic carbocycles. The largest absolute Gasteiger partial charge is 0.492 e. The second kappa shape index (κ2) is 11.1. The van der Waals surface area contributed by atoms with E-state index in [0.29, 0.717) is 31.3 Å². The van der Waals surface area contributed by atoms with E-state index in [1.54, 1.807) is 12.1 Å². The molecule has 0 bridgehead atoms. The van der Waals surface area contributed by atoms with Crippen LogP contribution in [-0.4, -0.2) is 23.1 Å². The monoisotopic (exact) mass is 364 g/mol.